The summed E-state index contributed by atoms with van der Waals surface area (Å²) >= 11 is 0. The molecule has 2 rings (SSSR count). The summed E-state index contributed by atoms with van der Waals surface area (Å²) in [5, 5.41) is 4.88. The molecule has 0 heterocycles. The van der Waals surface area contributed by atoms with Crippen molar-refractivity contribution in [2.45, 2.75) is 12.6 Å². The zero-order chi connectivity index (χ0) is 17.2. The second-order valence-corrected chi connectivity index (χ2v) is 5.01. The van der Waals surface area contributed by atoms with Gasteiger partial charge in [-0.2, -0.15) is 0 Å². The SMILES string of the molecule is O=CC(NC(=O)CNC(=O)OCc1ccccc1)c1ccccc1. The van der Waals surface area contributed by atoms with Crippen LogP contribution < -0.4 is 10.6 Å². The van der Waals surface area contributed by atoms with Crippen LogP contribution in [0.25, 0.3) is 0 Å². The number of ether oxygens (including phenoxy) is 1. The third kappa shape index (κ3) is 5.57. The van der Waals surface area contributed by atoms with Gasteiger partial charge in [-0.05, 0) is 11.1 Å². The third-order valence-corrected chi connectivity index (χ3v) is 3.22. The molecule has 0 saturated heterocycles. The van der Waals surface area contributed by atoms with Gasteiger partial charge >= 0.3 is 6.09 Å². The first kappa shape index (κ1) is 17.2. The fourth-order valence-corrected chi connectivity index (χ4v) is 2.01. The van der Waals surface area contributed by atoms with Gasteiger partial charge in [0.2, 0.25) is 5.91 Å². The molecule has 0 radical (unpaired) electrons. The van der Waals surface area contributed by atoms with Gasteiger partial charge in [0.25, 0.3) is 0 Å². The van der Waals surface area contributed by atoms with Crippen LogP contribution in [0.5, 0.6) is 0 Å². The minimum Gasteiger partial charge on any atom is -0.445 e. The van der Waals surface area contributed by atoms with Crippen LogP contribution in [0.3, 0.4) is 0 Å². The summed E-state index contributed by atoms with van der Waals surface area (Å²) in [6, 6.07) is 17.3. The Labute approximate surface area is 139 Å². The zero-order valence-corrected chi connectivity index (χ0v) is 13.0. The van der Waals surface area contributed by atoms with Gasteiger partial charge in [0, 0.05) is 0 Å². The Kier molecular flexibility index (Phi) is 6.52. The van der Waals surface area contributed by atoms with E-state index in [0.717, 1.165) is 5.56 Å². The highest BCUT2D eigenvalue weighted by atomic mass is 16.5. The summed E-state index contributed by atoms with van der Waals surface area (Å²) in [7, 11) is 0. The van der Waals surface area contributed by atoms with Gasteiger partial charge < -0.3 is 20.2 Å². The van der Waals surface area contributed by atoms with E-state index in [-0.39, 0.29) is 13.2 Å². The first-order valence-electron chi connectivity index (χ1n) is 7.43. The number of nitrogens with one attached hydrogen (secondary N) is 2. The second-order valence-electron chi connectivity index (χ2n) is 5.01. The number of hydrogen-bond donors (Lipinski definition) is 2. The van der Waals surface area contributed by atoms with Crippen molar-refractivity contribution in [3.05, 3.63) is 71.8 Å². The smallest absolute Gasteiger partial charge is 0.407 e. The number of benzene rings is 2. The van der Waals surface area contributed by atoms with Gasteiger partial charge in [0.15, 0.2) is 0 Å². The van der Waals surface area contributed by atoms with E-state index in [9.17, 15) is 14.4 Å². The topological polar surface area (TPSA) is 84.5 Å². The molecule has 24 heavy (non-hydrogen) atoms. The maximum absolute atomic E-state index is 11.8. The molecule has 0 saturated carbocycles. The van der Waals surface area contributed by atoms with Crippen molar-refractivity contribution in [2.24, 2.45) is 0 Å². The predicted molar refractivity (Wildman–Crippen MR) is 88.0 cm³/mol. The Balaban J connectivity index is 1.74. The van der Waals surface area contributed by atoms with Crippen molar-refractivity contribution in [1.82, 2.24) is 10.6 Å². The van der Waals surface area contributed by atoms with Crippen molar-refractivity contribution in [3.8, 4) is 0 Å². The number of hydrogen-bond acceptors (Lipinski definition) is 4. The Morgan fingerprint density at radius 3 is 2.25 bits per heavy atom. The average Bonchev–Trinajstić information content (AvgIpc) is 2.64. The normalized spacial score (nSPS) is 11.2. The van der Waals surface area contributed by atoms with Crippen LogP contribution in [0.1, 0.15) is 17.2 Å². The monoisotopic (exact) mass is 326 g/mol. The highest BCUT2D eigenvalue weighted by Crippen LogP contribution is 2.09. The van der Waals surface area contributed by atoms with E-state index >= 15 is 0 Å². The van der Waals surface area contributed by atoms with Crippen LogP contribution in [0.2, 0.25) is 0 Å². The molecule has 0 aliphatic rings. The molecular weight excluding hydrogens is 308 g/mol. The second kappa shape index (κ2) is 9.09. The fraction of sp³-hybridized carbons (Fsp3) is 0.167. The average molecular weight is 326 g/mol. The molecule has 0 aliphatic heterocycles. The molecule has 2 N–H and O–H groups in total. The maximum atomic E-state index is 11.8. The lowest BCUT2D eigenvalue weighted by atomic mass is 10.1. The van der Waals surface area contributed by atoms with Crippen LogP contribution in [0.15, 0.2) is 60.7 Å². The molecule has 1 unspecified atom stereocenters. The molecule has 2 amide bonds. The first-order valence-corrected chi connectivity index (χ1v) is 7.43. The zero-order valence-electron chi connectivity index (χ0n) is 13.0. The lowest BCUT2D eigenvalue weighted by molar-refractivity contribution is -0.123. The number of aldehydes is 1. The van der Waals surface area contributed by atoms with Gasteiger partial charge in [-0.15, -0.1) is 0 Å². The molecule has 6 heteroatoms. The van der Waals surface area contributed by atoms with Gasteiger partial charge in [0.05, 0.1) is 0 Å². The van der Waals surface area contributed by atoms with Crippen LogP contribution in [-0.4, -0.2) is 24.8 Å². The lowest BCUT2D eigenvalue weighted by Crippen LogP contribution is -2.39. The number of rotatable bonds is 7. The van der Waals surface area contributed by atoms with E-state index in [4.69, 9.17) is 4.74 Å². The number of amides is 2. The molecule has 1 atom stereocenters. The number of carbonyl (C=O) groups is 3. The van der Waals surface area contributed by atoms with Crippen LogP contribution in [-0.2, 0) is 20.9 Å². The molecule has 2 aromatic rings. The van der Waals surface area contributed by atoms with Crippen molar-refractivity contribution in [1.29, 1.82) is 0 Å². The summed E-state index contributed by atoms with van der Waals surface area (Å²) in [6.07, 6.45) is -0.0580. The summed E-state index contributed by atoms with van der Waals surface area (Å²) < 4.78 is 4.99. The van der Waals surface area contributed by atoms with Crippen molar-refractivity contribution < 1.29 is 19.1 Å². The minimum absolute atomic E-state index is 0.120. The third-order valence-electron chi connectivity index (χ3n) is 3.22. The Morgan fingerprint density at radius 2 is 1.62 bits per heavy atom. The summed E-state index contributed by atoms with van der Waals surface area (Å²) in [5.74, 6) is -0.479. The van der Waals surface area contributed by atoms with Gasteiger partial charge in [0.1, 0.15) is 25.5 Å². The van der Waals surface area contributed by atoms with Crippen LogP contribution >= 0.6 is 0 Å². The Bertz CT molecular complexity index is 674. The van der Waals surface area contributed by atoms with E-state index in [1.165, 1.54) is 0 Å². The van der Waals surface area contributed by atoms with Gasteiger partial charge in [-0.3, -0.25) is 4.79 Å². The predicted octanol–water partition coefficient (Wildman–Crippen LogP) is 1.97. The van der Waals surface area contributed by atoms with Crippen molar-refractivity contribution >= 4 is 18.3 Å². The minimum atomic E-state index is -0.749. The molecular formula is C18H18N2O4. The lowest BCUT2D eigenvalue weighted by Gasteiger charge is -2.13. The maximum Gasteiger partial charge on any atom is 0.407 e. The van der Waals surface area contributed by atoms with E-state index in [2.05, 4.69) is 10.6 Å². The highest BCUT2D eigenvalue weighted by molar-refractivity contribution is 5.84. The van der Waals surface area contributed by atoms with Gasteiger partial charge in [-0.25, -0.2) is 4.79 Å². The molecule has 124 valence electrons. The summed E-state index contributed by atoms with van der Waals surface area (Å²) in [6.45, 7) is -0.153. The van der Waals surface area contributed by atoms with E-state index < -0.39 is 18.0 Å². The summed E-state index contributed by atoms with van der Waals surface area (Å²) in [4.78, 5) is 34.5. The molecule has 6 nitrogen and oxygen atoms in total. The standard InChI is InChI=1S/C18H18N2O4/c21-12-16(15-9-5-2-6-10-15)20-17(22)11-19-18(23)24-13-14-7-3-1-4-8-14/h1-10,12,16H,11,13H2,(H,19,23)(H,20,22). The molecule has 0 aliphatic carbocycles. The van der Waals surface area contributed by atoms with Crippen LogP contribution in [0.4, 0.5) is 4.79 Å². The first-order chi connectivity index (χ1) is 11.7. The quantitative estimate of drug-likeness (QED) is 0.762. The fourth-order valence-electron chi connectivity index (χ4n) is 2.01. The van der Waals surface area contributed by atoms with Crippen LogP contribution in [0, 0.1) is 0 Å². The Hall–Kier alpha value is -3.15. The molecule has 0 bridgehead atoms. The largest absolute Gasteiger partial charge is 0.445 e. The Morgan fingerprint density at radius 1 is 1.00 bits per heavy atom. The van der Waals surface area contributed by atoms with Crippen molar-refractivity contribution in [2.75, 3.05) is 6.54 Å². The number of alkyl carbamates (subject to hydrolysis) is 1. The van der Waals surface area contributed by atoms with Crippen molar-refractivity contribution in [3.63, 3.8) is 0 Å². The van der Waals surface area contributed by atoms with Gasteiger partial charge in [-0.1, -0.05) is 60.7 Å². The van der Waals surface area contributed by atoms with E-state index in [0.29, 0.717) is 11.8 Å². The molecule has 0 aromatic heterocycles. The number of carbonyl (C=O) groups excluding carboxylic acids is 3. The van der Waals surface area contributed by atoms with E-state index in [1.807, 2.05) is 36.4 Å². The summed E-state index contributed by atoms with van der Waals surface area (Å²) in [5.41, 5.74) is 1.52. The molecule has 2 aromatic carbocycles. The highest BCUT2D eigenvalue weighted by Gasteiger charge is 2.14. The van der Waals surface area contributed by atoms with E-state index in [1.54, 1.807) is 24.3 Å². The molecule has 0 fully saturated rings. The molecule has 0 spiro atoms.